The largest absolute Gasteiger partial charge is 0.460 e. The van der Waals surface area contributed by atoms with Gasteiger partial charge in [0.05, 0.1) is 0 Å². The molecule has 4 aliphatic carbocycles. The Bertz CT molecular complexity index is 995. The first-order valence-corrected chi connectivity index (χ1v) is 15.3. The minimum atomic E-state index is -4.60. The molecule has 1 heterocycles. The quantitative estimate of drug-likeness (QED) is 0.314. The topological polar surface area (TPSA) is 137 Å². The average Bonchev–Trinajstić information content (AvgIpc) is 3.25. The van der Waals surface area contributed by atoms with Gasteiger partial charge >= 0.3 is 12.1 Å². The molecule has 0 bridgehead atoms. The van der Waals surface area contributed by atoms with Crippen molar-refractivity contribution in [2.24, 2.45) is 46.3 Å². The molecule has 1 aliphatic heterocycles. The van der Waals surface area contributed by atoms with Crippen LogP contribution in [0.2, 0.25) is 0 Å². The number of aliphatic hydroxyl groups excluding tert-OH is 4. The third-order valence-electron chi connectivity index (χ3n) is 12.8. The van der Waals surface area contributed by atoms with Crippen molar-refractivity contribution in [2.45, 2.75) is 134 Å². The molecular formula is C30H47F3O8. The number of aliphatic hydroxyl groups is 5. The first-order valence-electron chi connectivity index (χ1n) is 15.3. The van der Waals surface area contributed by atoms with Crippen LogP contribution in [0.15, 0.2) is 0 Å². The van der Waals surface area contributed by atoms with Gasteiger partial charge in [-0.15, -0.1) is 0 Å². The Balaban J connectivity index is 1.25. The van der Waals surface area contributed by atoms with Gasteiger partial charge in [-0.1, -0.05) is 20.8 Å². The molecule has 0 aromatic rings. The van der Waals surface area contributed by atoms with Crippen molar-refractivity contribution in [1.29, 1.82) is 0 Å². The van der Waals surface area contributed by atoms with Gasteiger partial charge in [-0.05, 0) is 111 Å². The van der Waals surface area contributed by atoms with E-state index in [0.717, 1.165) is 32.1 Å². The summed E-state index contributed by atoms with van der Waals surface area (Å²) in [6.07, 6.45) is -8.44. The third-order valence-corrected chi connectivity index (χ3v) is 12.8. The predicted molar refractivity (Wildman–Crippen MR) is 140 cm³/mol. The number of rotatable bonds is 4. The Morgan fingerprint density at radius 1 is 0.878 bits per heavy atom. The number of alkyl halides is 3. The zero-order valence-corrected chi connectivity index (χ0v) is 24.4. The van der Waals surface area contributed by atoms with Gasteiger partial charge in [-0.3, -0.25) is 0 Å². The number of carbonyl (C=O) groups is 1. The van der Waals surface area contributed by atoms with Crippen LogP contribution in [0, 0.1) is 46.3 Å². The maximum Gasteiger partial charge on any atom is 0.417 e. The highest BCUT2D eigenvalue weighted by Crippen LogP contribution is 2.69. The van der Waals surface area contributed by atoms with E-state index in [1.807, 2.05) is 6.92 Å². The maximum atomic E-state index is 13.7. The van der Waals surface area contributed by atoms with Crippen LogP contribution in [0.5, 0.6) is 0 Å². The Hall–Kier alpha value is -0.980. The van der Waals surface area contributed by atoms with Gasteiger partial charge in [0.25, 0.3) is 0 Å². The molecule has 1 saturated heterocycles. The lowest BCUT2D eigenvalue weighted by molar-refractivity contribution is -0.290. The summed E-state index contributed by atoms with van der Waals surface area (Å²) < 4.78 is 51.7. The zero-order chi connectivity index (χ0) is 30.3. The zero-order valence-electron chi connectivity index (χ0n) is 24.4. The molecule has 15 atom stereocenters. The smallest absolute Gasteiger partial charge is 0.417 e. The van der Waals surface area contributed by atoms with Crippen LogP contribution in [-0.2, 0) is 14.3 Å². The van der Waals surface area contributed by atoms with Crippen LogP contribution in [0.1, 0.15) is 85.5 Å². The molecule has 0 radical (unpaired) electrons. The third kappa shape index (κ3) is 4.94. The number of esters is 1. The van der Waals surface area contributed by atoms with E-state index in [1.165, 1.54) is 0 Å². The van der Waals surface area contributed by atoms with E-state index < -0.39 is 54.6 Å². The Kier molecular flexibility index (Phi) is 8.11. The van der Waals surface area contributed by atoms with Gasteiger partial charge in [-0.2, -0.15) is 13.2 Å². The molecule has 41 heavy (non-hydrogen) atoms. The number of halogens is 3. The summed E-state index contributed by atoms with van der Waals surface area (Å²) in [6, 6.07) is 0. The standard InChI is InChI=1S/C30H47F3O8/c1-14(15(2)40-26(38)24-22(35)21(34)23(36)25(37)41-24)18-7-8-19-17-6-5-16-13-29(39,30(31,32)33)12-11-27(16,3)20(17)9-10-28(18,19)4/h14-25,34-37,39H,5-13H2,1-4H3/t14-,15-,16-,17+,18-,19+,20+,21+,22+,23-,24?,25-,27+,28-,29-/m1/s1. The van der Waals surface area contributed by atoms with Crippen LogP contribution < -0.4 is 0 Å². The van der Waals surface area contributed by atoms with Gasteiger partial charge < -0.3 is 35.0 Å². The number of ether oxygens (including phenoxy) is 2. The van der Waals surface area contributed by atoms with E-state index in [1.54, 1.807) is 6.92 Å². The normalized spacial score (nSPS) is 51.6. The molecule has 11 heteroatoms. The van der Waals surface area contributed by atoms with Crippen LogP contribution in [0.4, 0.5) is 13.2 Å². The summed E-state index contributed by atoms with van der Waals surface area (Å²) >= 11 is 0. The molecule has 0 aromatic heterocycles. The van der Waals surface area contributed by atoms with Crippen LogP contribution >= 0.6 is 0 Å². The molecule has 1 unspecified atom stereocenters. The fourth-order valence-corrected chi connectivity index (χ4v) is 10.1. The van der Waals surface area contributed by atoms with E-state index in [4.69, 9.17) is 9.47 Å². The minimum absolute atomic E-state index is 0.0107. The van der Waals surface area contributed by atoms with Crippen LogP contribution in [0.25, 0.3) is 0 Å². The van der Waals surface area contributed by atoms with Crippen LogP contribution in [-0.4, -0.2) is 80.1 Å². The molecule has 5 fully saturated rings. The van der Waals surface area contributed by atoms with E-state index in [2.05, 4.69) is 13.8 Å². The molecule has 5 aliphatic rings. The van der Waals surface area contributed by atoms with Crippen molar-refractivity contribution in [2.75, 3.05) is 0 Å². The predicted octanol–water partition coefficient (Wildman–Crippen LogP) is 3.31. The lowest BCUT2D eigenvalue weighted by Gasteiger charge is -2.62. The molecule has 5 N–H and O–H groups in total. The van der Waals surface area contributed by atoms with Gasteiger partial charge in [-0.25, -0.2) is 4.79 Å². The number of hydrogen-bond donors (Lipinski definition) is 5. The monoisotopic (exact) mass is 592 g/mol. The first kappa shape index (κ1) is 31.4. The van der Waals surface area contributed by atoms with E-state index in [0.29, 0.717) is 30.6 Å². The molecule has 0 amide bonds. The SMILES string of the molecule is C[C@@H]([C@H]1CC[C@H]2[C@@H]3CC[C@@H]4C[C@@](O)(C(F)(F)F)CC[C@]4(C)[C@H]3CC[C@]12C)[C@@H](C)OC(=O)C1O[C@@H](O)[C@H](O)[C@@H](O)[C@@H]1O. The van der Waals surface area contributed by atoms with Gasteiger partial charge in [0.1, 0.15) is 24.4 Å². The lowest BCUT2D eigenvalue weighted by Crippen LogP contribution is -2.60. The lowest BCUT2D eigenvalue weighted by atomic mass is 9.43. The van der Waals surface area contributed by atoms with Crippen molar-refractivity contribution < 1.29 is 53.0 Å². The van der Waals surface area contributed by atoms with Crippen molar-refractivity contribution in [3.63, 3.8) is 0 Å². The summed E-state index contributed by atoms with van der Waals surface area (Å²) in [5.74, 6) is 0.343. The van der Waals surface area contributed by atoms with Gasteiger partial charge in [0.2, 0.25) is 0 Å². The van der Waals surface area contributed by atoms with E-state index in [9.17, 15) is 43.5 Å². The van der Waals surface area contributed by atoms with Gasteiger partial charge in [0.15, 0.2) is 18.0 Å². The summed E-state index contributed by atoms with van der Waals surface area (Å²) in [5.41, 5.74) is -2.80. The molecular weight excluding hydrogens is 545 g/mol. The summed E-state index contributed by atoms with van der Waals surface area (Å²) in [4.78, 5) is 12.9. The molecule has 4 saturated carbocycles. The molecule has 0 aromatic carbocycles. The second kappa shape index (κ2) is 10.6. The number of carbonyl (C=O) groups excluding carboxylic acids is 1. The maximum absolute atomic E-state index is 13.7. The summed E-state index contributed by atoms with van der Waals surface area (Å²) in [7, 11) is 0. The summed E-state index contributed by atoms with van der Waals surface area (Å²) in [5, 5.41) is 50.1. The summed E-state index contributed by atoms with van der Waals surface area (Å²) in [6.45, 7) is 8.32. The average molecular weight is 593 g/mol. The second-order valence-electron chi connectivity index (χ2n) is 14.5. The van der Waals surface area contributed by atoms with Crippen molar-refractivity contribution in [1.82, 2.24) is 0 Å². The number of hydrogen-bond acceptors (Lipinski definition) is 8. The Morgan fingerprint density at radius 3 is 2.20 bits per heavy atom. The molecule has 0 spiro atoms. The molecule has 236 valence electrons. The Morgan fingerprint density at radius 2 is 1.54 bits per heavy atom. The highest BCUT2D eigenvalue weighted by atomic mass is 19.4. The van der Waals surface area contributed by atoms with E-state index >= 15 is 0 Å². The second-order valence-corrected chi connectivity index (χ2v) is 14.5. The van der Waals surface area contributed by atoms with Crippen LogP contribution in [0.3, 0.4) is 0 Å². The minimum Gasteiger partial charge on any atom is -0.460 e. The fraction of sp³-hybridized carbons (Fsp3) is 0.967. The van der Waals surface area contributed by atoms with Crippen molar-refractivity contribution >= 4 is 5.97 Å². The highest BCUT2D eigenvalue weighted by Gasteiger charge is 2.65. The highest BCUT2D eigenvalue weighted by molar-refractivity contribution is 5.76. The van der Waals surface area contributed by atoms with Crippen molar-refractivity contribution in [3.05, 3.63) is 0 Å². The number of fused-ring (bicyclic) bond motifs is 5. The van der Waals surface area contributed by atoms with Gasteiger partial charge in [0, 0.05) is 0 Å². The molecule has 5 rings (SSSR count). The van der Waals surface area contributed by atoms with E-state index in [-0.39, 0.29) is 41.4 Å². The molecule has 8 nitrogen and oxygen atoms in total. The fourth-order valence-electron chi connectivity index (χ4n) is 10.1. The Labute approximate surface area is 239 Å². The van der Waals surface area contributed by atoms with Crippen molar-refractivity contribution in [3.8, 4) is 0 Å². The first-order chi connectivity index (χ1) is 18.9.